The molecule has 6 rings (SSSR count). The number of ether oxygens (including phenoxy) is 1. The number of rotatable bonds is 0. The highest BCUT2D eigenvalue weighted by Crippen LogP contribution is 2.63. The SMILES string of the molecule is C1CCC2(C1)OOC1(O2)C2CC3CC(C2)CC1C3. The van der Waals surface area contributed by atoms with E-state index >= 15 is 0 Å². The van der Waals surface area contributed by atoms with Crippen molar-refractivity contribution in [2.75, 3.05) is 0 Å². The molecule has 0 aromatic carbocycles. The third-order valence-electron chi connectivity index (χ3n) is 6.31. The van der Waals surface area contributed by atoms with Crippen molar-refractivity contribution < 1.29 is 14.5 Å². The van der Waals surface area contributed by atoms with E-state index in [0.717, 1.165) is 24.7 Å². The minimum Gasteiger partial charge on any atom is -0.312 e. The molecule has 5 aliphatic carbocycles. The average molecular weight is 250 g/mol. The van der Waals surface area contributed by atoms with Crippen LogP contribution in [-0.2, 0) is 14.5 Å². The second-order valence-electron chi connectivity index (χ2n) is 7.41. The van der Waals surface area contributed by atoms with Crippen LogP contribution >= 0.6 is 0 Å². The molecule has 2 spiro atoms. The highest BCUT2D eigenvalue weighted by molar-refractivity contribution is 5.05. The summed E-state index contributed by atoms with van der Waals surface area (Å²) in [7, 11) is 0. The Bertz CT molecular complexity index is 344. The molecule has 1 saturated heterocycles. The van der Waals surface area contributed by atoms with Crippen molar-refractivity contribution in [3.63, 3.8) is 0 Å². The zero-order chi connectivity index (χ0) is 11.8. The quantitative estimate of drug-likeness (QED) is 0.617. The molecule has 5 saturated carbocycles. The van der Waals surface area contributed by atoms with Gasteiger partial charge >= 0.3 is 0 Å². The first kappa shape index (κ1) is 10.6. The normalized spacial score (nSPS) is 56.0. The molecular weight excluding hydrogens is 228 g/mol. The molecule has 1 heterocycles. The number of hydrogen-bond acceptors (Lipinski definition) is 3. The molecule has 6 aliphatic rings. The van der Waals surface area contributed by atoms with E-state index in [1.54, 1.807) is 0 Å². The van der Waals surface area contributed by atoms with E-state index in [4.69, 9.17) is 14.5 Å². The van der Waals surface area contributed by atoms with Gasteiger partial charge in [0, 0.05) is 24.7 Å². The summed E-state index contributed by atoms with van der Waals surface area (Å²) in [5, 5.41) is 0. The van der Waals surface area contributed by atoms with Gasteiger partial charge < -0.3 is 4.74 Å². The maximum absolute atomic E-state index is 6.53. The topological polar surface area (TPSA) is 27.7 Å². The summed E-state index contributed by atoms with van der Waals surface area (Å²) in [6.45, 7) is 0. The van der Waals surface area contributed by atoms with Crippen LogP contribution in [0.2, 0.25) is 0 Å². The molecule has 0 unspecified atom stereocenters. The fraction of sp³-hybridized carbons (Fsp3) is 1.00. The monoisotopic (exact) mass is 250 g/mol. The summed E-state index contributed by atoms with van der Waals surface area (Å²) in [6, 6.07) is 0. The van der Waals surface area contributed by atoms with E-state index < -0.39 is 0 Å². The lowest BCUT2D eigenvalue weighted by molar-refractivity contribution is -0.388. The van der Waals surface area contributed by atoms with Crippen LogP contribution in [0, 0.1) is 23.7 Å². The van der Waals surface area contributed by atoms with E-state index in [9.17, 15) is 0 Å². The second-order valence-corrected chi connectivity index (χ2v) is 7.41. The summed E-state index contributed by atoms with van der Waals surface area (Å²) in [5.74, 6) is 2.39. The molecule has 4 bridgehead atoms. The van der Waals surface area contributed by atoms with Gasteiger partial charge in [0.25, 0.3) is 0 Å². The molecule has 1 aliphatic heterocycles. The molecule has 0 N–H and O–H groups in total. The Morgan fingerprint density at radius 3 is 1.94 bits per heavy atom. The molecule has 0 aromatic rings. The van der Waals surface area contributed by atoms with Gasteiger partial charge in [-0.1, -0.05) is 0 Å². The molecule has 6 fully saturated rings. The minimum absolute atomic E-state index is 0.349. The third-order valence-corrected chi connectivity index (χ3v) is 6.31. The van der Waals surface area contributed by atoms with Crippen molar-refractivity contribution in [1.82, 2.24) is 0 Å². The van der Waals surface area contributed by atoms with Gasteiger partial charge in [-0.05, 0) is 56.8 Å². The van der Waals surface area contributed by atoms with Gasteiger partial charge in [-0.15, -0.1) is 0 Å². The van der Waals surface area contributed by atoms with Gasteiger partial charge in [-0.3, -0.25) is 0 Å². The van der Waals surface area contributed by atoms with Crippen LogP contribution in [0.5, 0.6) is 0 Å². The summed E-state index contributed by atoms with van der Waals surface area (Å²) in [5.41, 5.74) is 0. The molecule has 0 aromatic heterocycles. The van der Waals surface area contributed by atoms with Crippen LogP contribution in [0.25, 0.3) is 0 Å². The van der Waals surface area contributed by atoms with Gasteiger partial charge in [0.15, 0.2) is 0 Å². The van der Waals surface area contributed by atoms with E-state index in [-0.39, 0.29) is 11.6 Å². The Morgan fingerprint density at radius 1 is 0.722 bits per heavy atom. The molecule has 0 radical (unpaired) electrons. The lowest BCUT2D eigenvalue weighted by Gasteiger charge is -2.57. The van der Waals surface area contributed by atoms with Crippen LogP contribution < -0.4 is 0 Å². The second kappa shape index (κ2) is 3.31. The van der Waals surface area contributed by atoms with E-state index in [0.29, 0.717) is 11.8 Å². The predicted molar refractivity (Wildman–Crippen MR) is 64.2 cm³/mol. The van der Waals surface area contributed by atoms with Gasteiger partial charge in [0.2, 0.25) is 11.6 Å². The summed E-state index contributed by atoms with van der Waals surface area (Å²) >= 11 is 0. The van der Waals surface area contributed by atoms with Gasteiger partial charge in [-0.2, -0.15) is 9.78 Å². The fourth-order valence-corrected chi connectivity index (χ4v) is 5.71. The van der Waals surface area contributed by atoms with E-state index in [2.05, 4.69) is 0 Å². The first-order valence-electron chi connectivity index (χ1n) is 7.85. The van der Waals surface area contributed by atoms with Crippen molar-refractivity contribution in [3.8, 4) is 0 Å². The minimum atomic E-state index is -0.366. The van der Waals surface area contributed by atoms with Crippen molar-refractivity contribution in [3.05, 3.63) is 0 Å². The highest BCUT2D eigenvalue weighted by atomic mass is 17.3. The summed E-state index contributed by atoms with van der Waals surface area (Å²) in [4.78, 5) is 11.7. The van der Waals surface area contributed by atoms with Crippen LogP contribution in [0.3, 0.4) is 0 Å². The lowest BCUT2D eigenvalue weighted by Crippen LogP contribution is -2.59. The molecular formula is C15H22O3. The molecule has 100 valence electrons. The smallest absolute Gasteiger partial charge is 0.210 e. The molecule has 0 atom stereocenters. The third kappa shape index (κ3) is 1.21. The largest absolute Gasteiger partial charge is 0.312 e. The van der Waals surface area contributed by atoms with Crippen LogP contribution in [-0.4, -0.2) is 11.6 Å². The molecule has 18 heavy (non-hydrogen) atoms. The highest BCUT2D eigenvalue weighted by Gasteiger charge is 2.66. The van der Waals surface area contributed by atoms with Crippen molar-refractivity contribution in [2.24, 2.45) is 23.7 Å². The number of hydrogen-bond donors (Lipinski definition) is 0. The van der Waals surface area contributed by atoms with Crippen molar-refractivity contribution >= 4 is 0 Å². The summed E-state index contributed by atoms with van der Waals surface area (Å²) in [6.07, 6.45) is 11.2. The Labute approximate surface area is 108 Å². The fourth-order valence-electron chi connectivity index (χ4n) is 5.71. The van der Waals surface area contributed by atoms with Gasteiger partial charge in [0.1, 0.15) is 0 Å². The average Bonchev–Trinajstić information content (AvgIpc) is 2.96. The summed E-state index contributed by atoms with van der Waals surface area (Å²) < 4.78 is 6.53. The van der Waals surface area contributed by atoms with Crippen LogP contribution in [0.1, 0.15) is 57.8 Å². The Kier molecular flexibility index (Phi) is 1.95. The predicted octanol–water partition coefficient (Wildman–Crippen LogP) is 3.39. The van der Waals surface area contributed by atoms with E-state index in [1.165, 1.54) is 44.9 Å². The van der Waals surface area contributed by atoms with Gasteiger partial charge in [-0.25, -0.2) is 0 Å². The maximum Gasteiger partial charge on any atom is 0.210 e. The molecule has 3 nitrogen and oxygen atoms in total. The molecule has 0 amide bonds. The van der Waals surface area contributed by atoms with Gasteiger partial charge in [0.05, 0.1) is 0 Å². The lowest BCUT2D eigenvalue weighted by atomic mass is 9.53. The van der Waals surface area contributed by atoms with Crippen molar-refractivity contribution in [1.29, 1.82) is 0 Å². The maximum atomic E-state index is 6.53. The first-order chi connectivity index (χ1) is 8.78. The van der Waals surface area contributed by atoms with Crippen LogP contribution in [0.4, 0.5) is 0 Å². The Balaban J connectivity index is 1.49. The first-order valence-corrected chi connectivity index (χ1v) is 7.85. The Morgan fingerprint density at radius 2 is 1.33 bits per heavy atom. The zero-order valence-corrected chi connectivity index (χ0v) is 10.9. The van der Waals surface area contributed by atoms with E-state index in [1.807, 2.05) is 0 Å². The Hall–Kier alpha value is -0.120. The van der Waals surface area contributed by atoms with Crippen molar-refractivity contribution in [2.45, 2.75) is 69.4 Å². The zero-order valence-electron chi connectivity index (χ0n) is 10.9. The standard InChI is InChI=1S/C15H22O3/c1-2-4-14(3-1)16-15(18-17-14)12-6-10-5-11(8-12)9-13(15)7-10/h10-13H,1-9H2. The van der Waals surface area contributed by atoms with Crippen LogP contribution in [0.15, 0.2) is 0 Å². The molecule has 3 heteroatoms.